The maximum Gasteiger partial charge on any atom is 0.472 e. The summed E-state index contributed by atoms with van der Waals surface area (Å²) in [7, 11) is -4.52. The molecule has 0 aromatic rings. The van der Waals surface area contributed by atoms with E-state index >= 15 is 0 Å². The van der Waals surface area contributed by atoms with Crippen LogP contribution in [0.1, 0.15) is 129 Å². The second-order valence-corrected chi connectivity index (χ2v) is 13.3. The van der Waals surface area contributed by atoms with Gasteiger partial charge in [-0.05, 0) is 70.6 Å². The largest absolute Gasteiger partial charge is 0.472 e. The lowest BCUT2D eigenvalue weighted by Crippen LogP contribution is -2.29. The Bertz CT molecular complexity index is 929. The Balaban J connectivity index is 4.34. The van der Waals surface area contributed by atoms with Gasteiger partial charge < -0.3 is 24.6 Å². The number of hydrogen-bond acceptors (Lipinski definition) is 8. The van der Waals surface area contributed by atoms with Crippen LogP contribution in [0.3, 0.4) is 0 Å². The van der Waals surface area contributed by atoms with Crippen LogP contribution >= 0.6 is 7.82 Å². The highest BCUT2D eigenvalue weighted by Crippen LogP contribution is 2.43. The van der Waals surface area contributed by atoms with Crippen LogP contribution < -0.4 is 0 Å². The van der Waals surface area contributed by atoms with Crippen LogP contribution in [0, 0.1) is 0 Å². The summed E-state index contributed by atoms with van der Waals surface area (Å²) in [4.78, 5) is 22.4. The molecule has 0 aliphatic rings. The number of rotatable bonds is 34. The molecule has 0 aromatic heterocycles. The molecule has 0 saturated carbocycles. The Kier molecular flexibility index (Phi) is 33.7. The molecule has 3 N–H and O–H groups in total. The summed E-state index contributed by atoms with van der Waals surface area (Å²) >= 11 is 0. The molecule has 0 aliphatic carbocycles. The Morgan fingerprint density at radius 3 is 1.81 bits per heavy atom. The van der Waals surface area contributed by atoms with Gasteiger partial charge in [-0.25, -0.2) is 4.57 Å². The molecule has 0 spiro atoms. The van der Waals surface area contributed by atoms with Crippen molar-refractivity contribution in [1.82, 2.24) is 0 Å². The summed E-state index contributed by atoms with van der Waals surface area (Å²) < 4.78 is 33.1. The van der Waals surface area contributed by atoms with E-state index in [1.807, 2.05) is 0 Å². The smallest absolute Gasteiger partial charge is 0.457 e. The van der Waals surface area contributed by atoms with Gasteiger partial charge in [0.2, 0.25) is 0 Å². The number of unbranched alkanes of at least 4 members (excludes halogenated alkanes) is 10. The van der Waals surface area contributed by atoms with Gasteiger partial charge in [-0.2, -0.15) is 0 Å². The lowest BCUT2D eigenvalue weighted by molar-refractivity contribution is -0.154. The SMILES string of the molecule is CC/C=C\C/C=C\C/C=C\C/C=C\CCCCCOCC(COP(=O)(O)OCC(O)CO)OC(=O)CCCCCCC/C=C\CCCC. The highest BCUT2D eigenvalue weighted by atomic mass is 31.2. The molecule has 0 radical (unpaired) electrons. The maximum absolute atomic E-state index is 12.5. The zero-order chi connectivity index (χ0) is 35.4. The molecule has 0 rings (SSSR count). The summed E-state index contributed by atoms with van der Waals surface area (Å²) in [5.41, 5.74) is 0. The van der Waals surface area contributed by atoms with Crippen molar-refractivity contribution in [3.05, 3.63) is 60.8 Å². The fourth-order valence-corrected chi connectivity index (χ4v) is 5.17. The molecule has 0 aliphatic heterocycles. The van der Waals surface area contributed by atoms with E-state index in [-0.39, 0.29) is 13.0 Å². The number of allylic oxidation sites excluding steroid dienone is 10. The first-order valence-electron chi connectivity index (χ1n) is 18.3. The number of carbonyl (C=O) groups excluding carboxylic acids is 1. The molecule has 0 amide bonds. The van der Waals surface area contributed by atoms with Gasteiger partial charge in [0.15, 0.2) is 0 Å². The standard InChI is InChI=1S/C38H67O9P/c1-3-5-7-9-11-13-15-16-17-18-19-21-23-25-27-29-31-44-34-37(35-46-48(42,43)45-33-36(40)32-39)47-38(41)30-28-26-24-22-20-14-12-10-8-6-4-2/h5,7,10-13,16-17,19,21,36-37,39-40H,3-4,6,8-9,14-15,18,20,22-35H2,1-2H3,(H,42,43)/b7-5-,12-10-,13-11-,17-16-,21-19-. The summed E-state index contributed by atoms with van der Waals surface area (Å²) in [5.74, 6) is -0.409. The van der Waals surface area contributed by atoms with Crippen molar-refractivity contribution < 1.29 is 43.0 Å². The van der Waals surface area contributed by atoms with Crippen LogP contribution in [0.4, 0.5) is 0 Å². The van der Waals surface area contributed by atoms with E-state index in [2.05, 4.69) is 74.6 Å². The van der Waals surface area contributed by atoms with Crippen molar-refractivity contribution in [2.45, 2.75) is 142 Å². The second kappa shape index (κ2) is 35.0. The van der Waals surface area contributed by atoms with E-state index in [4.69, 9.17) is 23.6 Å². The minimum atomic E-state index is -4.52. The van der Waals surface area contributed by atoms with Gasteiger partial charge in [-0.1, -0.05) is 113 Å². The normalized spacial score (nSPS) is 15.0. The van der Waals surface area contributed by atoms with Crippen molar-refractivity contribution in [3.8, 4) is 0 Å². The Morgan fingerprint density at radius 1 is 0.667 bits per heavy atom. The van der Waals surface area contributed by atoms with Gasteiger partial charge in [0, 0.05) is 13.0 Å². The molecule has 0 bridgehead atoms. The van der Waals surface area contributed by atoms with Crippen molar-refractivity contribution >= 4 is 13.8 Å². The lowest BCUT2D eigenvalue weighted by atomic mass is 10.1. The molecule has 10 heteroatoms. The molecular weight excluding hydrogens is 631 g/mol. The van der Waals surface area contributed by atoms with E-state index in [0.717, 1.165) is 89.9 Å². The summed E-state index contributed by atoms with van der Waals surface area (Å²) in [6.07, 6.45) is 37.6. The van der Waals surface area contributed by atoms with Crippen LogP contribution in [-0.2, 0) is 27.9 Å². The lowest BCUT2D eigenvalue weighted by Gasteiger charge is -2.20. The molecule has 0 aromatic carbocycles. The molecule has 9 nitrogen and oxygen atoms in total. The van der Waals surface area contributed by atoms with E-state index in [1.54, 1.807) is 0 Å². The van der Waals surface area contributed by atoms with Gasteiger partial charge in [-0.15, -0.1) is 0 Å². The van der Waals surface area contributed by atoms with Crippen LogP contribution in [0.2, 0.25) is 0 Å². The number of phosphoric ester groups is 1. The molecule has 0 saturated heterocycles. The average molecular weight is 699 g/mol. The summed E-state index contributed by atoms with van der Waals surface area (Å²) in [5, 5.41) is 18.3. The van der Waals surface area contributed by atoms with Gasteiger partial charge in [0.25, 0.3) is 0 Å². The fourth-order valence-electron chi connectivity index (χ4n) is 4.38. The van der Waals surface area contributed by atoms with E-state index in [9.17, 15) is 19.4 Å². The van der Waals surface area contributed by atoms with E-state index in [1.165, 1.54) is 12.8 Å². The minimum Gasteiger partial charge on any atom is -0.457 e. The molecule has 0 heterocycles. The fraction of sp³-hybridized carbons (Fsp3) is 0.711. The number of phosphoric acid groups is 1. The Labute approximate surface area is 291 Å². The quantitative estimate of drug-likeness (QED) is 0.0260. The number of aliphatic hydroxyl groups is 2. The van der Waals surface area contributed by atoms with Gasteiger partial charge >= 0.3 is 13.8 Å². The van der Waals surface area contributed by atoms with Gasteiger partial charge in [0.05, 0.1) is 26.4 Å². The number of aliphatic hydroxyl groups excluding tert-OH is 2. The maximum atomic E-state index is 12.5. The number of carbonyl (C=O) groups is 1. The summed E-state index contributed by atoms with van der Waals surface area (Å²) in [6, 6.07) is 0. The highest BCUT2D eigenvalue weighted by molar-refractivity contribution is 7.47. The van der Waals surface area contributed by atoms with Crippen molar-refractivity contribution in [2.75, 3.05) is 33.0 Å². The average Bonchev–Trinajstić information content (AvgIpc) is 3.07. The molecule has 3 atom stereocenters. The minimum absolute atomic E-state index is 0.0215. The third kappa shape index (κ3) is 34.0. The van der Waals surface area contributed by atoms with Crippen molar-refractivity contribution in [1.29, 1.82) is 0 Å². The molecule has 48 heavy (non-hydrogen) atoms. The van der Waals surface area contributed by atoms with Gasteiger partial charge in [-0.3, -0.25) is 13.8 Å². The van der Waals surface area contributed by atoms with Crippen LogP contribution in [-0.4, -0.2) is 66.3 Å². The Hall–Kier alpha value is -1.84. The van der Waals surface area contributed by atoms with Crippen molar-refractivity contribution in [3.63, 3.8) is 0 Å². The van der Waals surface area contributed by atoms with Crippen LogP contribution in [0.25, 0.3) is 0 Å². The first kappa shape index (κ1) is 46.2. The Morgan fingerprint density at radius 2 is 1.19 bits per heavy atom. The van der Waals surface area contributed by atoms with E-state index in [0.29, 0.717) is 13.0 Å². The van der Waals surface area contributed by atoms with E-state index < -0.39 is 45.8 Å². The predicted octanol–water partition coefficient (Wildman–Crippen LogP) is 9.24. The third-order valence-corrected chi connectivity index (χ3v) is 8.14. The van der Waals surface area contributed by atoms with Crippen LogP contribution in [0.15, 0.2) is 60.8 Å². The second-order valence-electron chi connectivity index (χ2n) is 11.9. The molecule has 3 unspecified atom stereocenters. The predicted molar refractivity (Wildman–Crippen MR) is 196 cm³/mol. The monoisotopic (exact) mass is 698 g/mol. The summed E-state index contributed by atoms with van der Waals surface area (Å²) in [6.45, 7) is 3.24. The number of esters is 1. The highest BCUT2D eigenvalue weighted by Gasteiger charge is 2.26. The zero-order valence-corrected chi connectivity index (χ0v) is 30.8. The van der Waals surface area contributed by atoms with Crippen LogP contribution in [0.5, 0.6) is 0 Å². The van der Waals surface area contributed by atoms with Gasteiger partial charge in [0.1, 0.15) is 12.2 Å². The molecule has 0 fully saturated rings. The first-order valence-corrected chi connectivity index (χ1v) is 19.8. The number of ether oxygens (including phenoxy) is 2. The zero-order valence-electron chi connectivity index (χ0n) is 29.9. The first-order chi connectivity index (χ1) is 23.3. The third-order valence-electron chi connectivity index (χ3n) is 7.19. The molecular formula is C38H67O9P. The number of hydrogen-bond donors (Lipinski definition) is 3. The molecule has 278 valence electrons. The van der Waals surface area contributed by atoms with Crippen molar-refractivity contribution in [2.24, 2.45) is 0 Å². The topological polar surface area (TPSA) is 132 Å².